The largest absolute Gasteiger partial charge is 0.399 e. The van der Waals surface area contributed by atoms with E-state index in [9.17, 15) is 0 Å². The lowest BCUT2D eigenvalue weighted by atomic mass is 10.3. The molecule has 1 aromatic rings. The van der Waals surface area contributed by atoms with E-state index in [1.54, 1.807) is 12.1 Å². The van der Waals surface area contributed by atoms with Gasteiger partial charge >= 0.3 is 0 Å². The first-order chi connectivity index (χ1) is 4.33. The predicted octanol–water partition coefficient (Wildman–Crippen LogP) is 1.40. The molecule has 5 N–H and O–H groups in total. The Labute approximate surface area is 77.9 Å². The van der Waals surface area contributed by atoms with E-state index < -0.39 is 0 Å². The van der Waals surface area contributed by atoms with Crippen molar-refractivity contribution in [2.24, 2.45) is 5.84 Å². The maximum absolute atomic E-state index is 5.41. The van der Waals surface area contributed by atoms with Crippen molar-refractivity contribution in [3.05, 3.63) is 24.3 Å². The molecule has 5 heteroatoms. The summed E-state index contributed by atoms with van der Waals surface area (Å²) in [4.78, 5) is 0. The molecule has 0 bridgehead atoms. The molecule has 0 unspecified atom stereocenters. The van der Waals surface area contributed by atoms with E-state index >= 15 is 0 Å². The minimum absolute atomic E-state index is 0. The standard InChI is InChI=1S/C6H9N3.2ClH/c7-5-1-3-6(9-8)4-2-5;;/h1-4,9H,7-8H2;2*1H. The molecule has 0 aliphatic rings. The Kier molecular flexibility index (Phi) is 7.20. The Bertz CT molecular complexity index is 188. The van der Waals surface area contributed by atoms with E-state index in [0.29, 0.717) is 0 Å². The summed E-state index contributed by atoms with van der Waals surface area (Å²) >= 11 is 0. The topological polar surface area (TPSA) is 64.1 Å². The zero-order chi connectivity index (χ0) is 6.69. The van der Waals surface area contributed by atoms with Gasteiger partial charge < -0.3 is 11.2 Å². The normalized spacial score (nSPS) is 7.36. The SMILES string of the molecule is Cl.Cl.NNc1ccc(N)cc1. The van der Waals surface area contributed by atoms with Crippen molar-refractivity contribution in [3.63, 3.8) is 0 Å². The van der Waals surface area contributed by atoms with Crippen LogP contribution in [-0.2, 0) is 0 Å². The number of nitrogens with one attached hydrogen (secondary N) is 1. The van der Waals surface area contributed by atoms with Crippen LogP contribution in [-0.4, -0.2) is 0 Å². The molecule has 0 saturated heterocycles. The summed E-state index contributed by atoms with van der Waals surface area (Å²) in [5, 5.41) is 0. The third-order valence-corrected chi connectivity index (χ3v) is 1.08. The van der Waals surface area contributed by atoms with Gasteiger partial charge in [-0.15, -0.1) is 24.8 Å². The summed E-state index contributed by atoms with van der Waals surface area (Å²) < 4.78 is 0. The van der Waals surface area contributed by atoms with Gasteiger partial charge in [0.15, 0.2) is 0 Å². The zero-order valence-corrected chi connectivity index (χ0v) is 7.41. The fourth-order valence-corrected chi connectivity index (χ4v) is 0.579. The lowest BCUT2D eigenvalue weighted by molar-refractivity contribution is 1.35. The molecule has 3 nitrogen and oxygen atoms in total. The van der Waals surface area contributed by atoms with Crippen LogP contribution in [0.15, 0.2) is 24.3 Å². The van der Waals surface area contributed by atoms with Gasteiger partial charge in [0.1, 0.15) is 0 Å². The van der Waals surface area contributed by atoms with Crippen LogP contribution in [0.25, 0.3) is 0 Å². The first-order valence-corrected chi connectivity index (χ1v) is 2.65. The van der Waals surface area contributed by atoms with Gasteiger partial charge in [-0.3, -0.25) is 5.84 Å². The molecule has 0 amide bonds. The number of nitrogen functional groups attached to an aromatic ring is 2. The predicted molar refractivity (Wildman–Crippen MR) is 53.2 cm³/mol. The highest BCUT2D eigenvalue weighted by atomic mass is 35.5. The van der Waals surface area contributed by atoms with Crippen molar-refractivity contribution in [1.29, 1.82) is 0 Å². The van der Waals surface area contributed by atoms with Crippen LogP contribution in [0.1, 0.15) is 0 Å². The molecular weight excluding hydrogens is 185 g/mol. The van der Waals surface area contributed by atoms with Gasteiger partial charge in [-0.05, 0) is 24.3 Å². The van der Waals surface area contributed by atoms with E-state index in [0.717, 1.165) is 11.4 Å². The molecule has 1 rings (SSSR count). The second-order valence-electron chi connectivity index (χ2n) is 1.77. The monoisotopic (exact) mass is 195 g/mol. The lowest BCUT2D eigenvalue weighted by Gasteiger charge is -1.97. The molecule has 64 valence electrons. The quantitative estimate of drug-likeness (QED) is 0.361. The number of nitrogens with two attached hydrogens (primary N) is 2. The summed E-state index contributed by atoms with van der Waals surface area (Å²) in [6.07, 6.45) is 0. The Balaban J connectivity index is 0. The Hall–Kier alpha value is -0.640. The molecule has 0 saturated carbocycles. The summed E-state index contributed by atoms with van der Waals surface area (Å²) in [6, 6.07) is 7.20. The summed E-state index contributed by atoms with van der Waals surface area (Å²) in [6.45, 7) is 0. The Morgan fingerprint density at radius 2 is 1.45 bits per heavy atom. The molecule has 0 fully saturated rings. The number of rotatable bonds is 1. The van der Waals surface area contributed by atoms with Gasteiger partial charge in [-0.1, -0.05) is 0 Å². The molecule has 0 atom stereocenters. The van der Waals surface area contributed by atoms with Gasteiger partial charge in [-0.25, -0.2) is 0 Å². The van der Waals surface area contributed by atoms with Crippen LogP contribution in [0.2, 0.25) is 0 Å². The van der Waals surface area contributed by atoms with Crippen LogP contribution < -0.4 is 17.0 Å². The van der Waals surface area contributed by atoms with Crippen LogP contribution >= 0.6 is 24.8 Å². The van der Waals surface area contributed by atoms with Gasteiger partial charge in [-0.2, -0.15) is 0 Å². The molecule has 0 aromatic heterocycles. The summed E-state index contributed by atoms with van der Waals surface area (Å²) in [5.41, 5.74) is 9.52. The lowest BCUT2D eigenvalue weighted by Crippen LogP contribution is -2.06. The molecule has 0 heterocycles. The number of halogens is 2. The highest BCUT2D eigenvalue weighted by Crippen LogP contribution is 2.07. The van der Waals surface area contributed by atoms with E-state index in [1.807, 2.05) is 12.1 Å². The zero-order valence-electron chi connectivity index (χ0n) is 5.78. The average Bonchev–Trinajstić information content (AvgIpc) is 1.90. The first kappa shape index (κ1) is 13.0. The molecular formula is C6H11Cl2N3. The maximum atomic E-state index is 5.41. The summed E-state index contributed by atoms with van der Waals surface area (Å²) in [5.74, 6) is 5.11. The number of hydrogen-bond acceptors (Lipinski definition) is 3. The Morgan fingerprint density at radius 1 is 1.00 bits per heavy atom. The second kappa shape index (κ2) is 6.09. The van der Waals surface area contributed by atoms with Gasteiger partial charge in [0, 0.05) is 11.4 Å². The van der Waals surface area contributed by atoms with Gasteiger partial charge in [0.25, 0.3) is 0 Å². The van der Waals surface area contributed by atoms with E-state index in [1.165, 1.54) is 0 Å². The molecule has 1 aromatic carbocycles. The van der Waals surface area contributed by atoms with Crippen LogP contribution in [0.3, 0.4) is 0 Å². The van der Waals surface area contributed by atoms with Gasteiger partial charge in [0.05, 0.1) is 0 Å². The van der Waals surface area contributed by atoms with E-state index in [4.69, 9.17) is 11.6 Å². The number of anilines is 2. The minimum atomic E-state index is 0. The van der Waals surface area contributed by atoms with Crippen LogP contribution in [0, 0.1) is 0 Å². The second-order valence-corrected chi connectivity index (χ2v) is 1.77. The molecule has 0 spiro atoms. The van der Waals surface area contributed by atoms with Crippen LogP contribution in [0.5, 0.6) is 0 Å². The molecule has 11 heavy (non-hydrogen) atoms. The number of hydrazine groups is 1. The molecule has 0 aliphatic heterocycles. The van der Waals surface area contributed by atoms with Crippen molar-refractivity contribution >= 4 is 36.2 Å². The first-order valence-electron chi connectivity index (χ1n) is 2.65. The number of benzene rings is 1. The Morgan fingerprint density at radius 3 is 1.82 bits per heavy atom. The third-order valence-electron chi connectivity index (χ3n) is 1.08. The van der Waals surface area contributed by atoms with Crippen molar-refractivity contribution in [1.82, 2.24) is 0 Å². The minimum Gasteiger partial charge on any atom is -0.399 e. The van der Waals surface area contributed by atoms with E-state index in [2.05, 4.69) is 5.43 Å². The van der Waals surface area contributed by atoms with Crippen LogP contribution in [0.4, 0.5) is 11.4 Å². The van der Waals surface area contributed by atoms with Gasteiger partial charge in [0.2, 0.25) is 0 Å². The molecule has 0 radical (unpaired) electrons. The third kappa shape index (κ3) is 3.93. The van der Waals surface area contributed by atoms with Crippen molar-refractivity contribution in [3.8, 4) is 0 Å². The highest BCUT2D eigenvalue weighted by molar-refractivity contribution is 5.85. The maximum Gasteiger partial charge on any atom is 0.0486 e. The highest BCUT2D eigenvalue weighted by Gasteiger charge is 1.84. The smallest absolute Gasteiger partial charge is 0.0486 e. The van der Waals surface area contributed by atoms with Crippen molar-refractivity contribution in [2.75, 3.05) is 11.2 Å². The summed E-state index contributed by atoms with van der Waals surface area (Å²) in [7, 11) is 0. The average molecular weight is 196 g/mol. The fourth-order valence-electron chi connectivity index (χ4n) is 0.579. The number of hydrogen-bond donors (Lipinski definition) is 3. The van der Waals surface area contributed by atoms with Crippen molar-refractivity contribution in [2.45, 2.75) is 0 Å². The fraction of sp³-hybridized carbons (Fsp3) is 0. The van der Waals surface area contributed by atoms with Crippen molar-refractivity contribution < 1.29 is 0 Å². The molecule has 0 aliphatic carbocycles. The van der Waals surface area contributed by atoms with E-state index in [-0.39, 0.29) is 24.8 Å².